The fourth-order valence-corrected chi connectivity index (χ4v) is 1.82. The van der Waals surface area contributed by atoms with Crippen molar-refractivity contribution < 1.29 is 19.4 Å². The second kappa shape index (κ2) is 6.61. The number of carbonyl (C=O) groups excluding carboxylic acids is 1. The molecule has 1 aromatic rings. The molecule has 1 atom stereocenters. The third-order valence-corrected chi connectivity index (χ3v) is 3.23. The first-order valence-corrected chi connectivity index (χ1v) is 6.51. The van der Waals surface area contributed by atoms with Gasteiger partial charge in [0.2, 0.25) is 5.91 Å². The maximum absolute atomic E-state index is 12.2. The molecular weight excluding hydrogens is 258 g/mol. The number of aliphatic hydroxyl groups excluding tert-OH is 1. The van der Waals surface area contributed by atoms with Crippen LogP contribution in [0.1, 0.15) is 26.3 Å². The molecular formula is C15H23NO4. The van der Waals surface area contributed by atoms with Gasteiger partial charge in [-0.05, 0) is 38.5 Å². The molecule has 0 aliphatic rings. The number of nitrogens with one attached hydrogen (secondary N) is 1. The average molecular weight is 281 g/mol. The first-order valence-electron chi connectivity index (χ1n) is 6.51. The molecule has 0 heterocycles. The van der Waals surface area contributed by atoms with Crippen molar-refractivity contribution >= 4 is 5.91 Å². The van der Waals surface area contributed by atoms with Crippen LogP contribution in [0, 0.1) is 0 Å². The van der Waals surface area contributed by atoms with E-state index in [1.807, 2.05) is 19.9 Å². The van der Waals surface area contributed by atoms with E-state index in [9.17, 15) is 9.90 Å². The number of rotatable bonds is 6. The van der Waals surface area contributed by atoms with Gasteiger partial charge in [0.25, 0.3) is 0 Å². The molecule has 0 spiro atoms. The Kier molecular flexibility index (Phi) is 5.39. The highest BCUT2D eigenvalue weighted by atomic mass is 16.5. The van der Waals surface area contributed by atoms with Gasteiger partial charge in [-0.25, -0.2) is 0 Å². The van der Waals surface area contributed by atoms with Crippen LogP contribution in [0.3, 0.4) is 0 Å². The SMILES string of the molecule is COc1ccc(C(C)(C)C(=O)NCC(C)O)cc1OC. The topological polar surface area (TPSA) is 67.8 Å². The lowest BCUT2D eigenvalue weighted by Crippen LogP contribution is -2.42. The molecule has 5 nitrogen and oxygen atoms in total. The molecule has 0 saturated heterocycles. The fraction of sp³-hybridized carbons (Fsp3) is 0.533. The summed E-state index contributed by atoms with van der Waals surface area (Å²) >= 11 is 0. The van der Waals surface area contributed by atoms with Crippen molar-refractivity contribution in [1.29, 1.82) is 0 Å². The smallest absolute Gasteiger partial charge is 0.230 e. The molecule has 0 aromatic heterocycles. The Morgan fingerprint density at radius 2 is 1.90 bits per heavy atom. The van der Waals surface area contributed by atoms with Crippen molar-refractivity contribution in [2.24, 2.45) is 0 Å². The number of benzene rings is 1. The first-order chi connectivity index (χ1) is 9.32. The zero-order valence-electron chi connectivity index (χ0n) is 12.7. The van der Waals surface area contributed by atoms with Gasteiger partial charge in [0, 0.05) is 6.54 Å². The van der Waals surface area contributed by atoms with Crippen LogP contribution in [0.2, 0.25) is 0 Å². The van der Waals surface area contributed by atoms with Gasteiger partial charge in [-0.1, -0.05) is 6.07 Å². The van der Waals surface area contributed by atoms with E-state index in [2.05, 4.69) is 5.32 Å². The van der Waals surface area contributed by atoms with Gasteiger partial charge in [-0.2, -0.15) is 0 Å². The van der Waals surface area contributed by atoms with E-state index in [1.54, 1.807) is 33.3 Å². The monoisotopic (exact) mass is 281 g/mol. The fourth-order valence-electron chi connectivity index (χ4n) is 1.82. The minimum absolute atomic E-state index is 0.148. The summed E-state index contributed by atoms with van der Waals surface area (Å²) in [5, 5.41) is 12.0. The lowest BCUT2D eigenvalue weighted by Gasteiger charge is -2.25. The summed E-state index contributed by atoms with van der Waals surface area (Å²) < 4.78 is 10.4. The third kappa shape index (κ3) is 3.63. The summed E-state index contributed by atoms with van der Waals surface area (Å²) in [6.07, 6.45) is -0.569. The van der Waals surface area contributed by atoms with Crippen molar-refractivity contribution in [3.8, 4) is 11.5 Å². The second-order valence-electron chi connectivity index (χ2n) is 5.25. The Labute approximate surface area is 119 Å². The summed E-state index contributed by atoms with van der Waals surface area (Å²) in [7, 11) is 3.13. The number of hydrogen-bond acceptors (Lipinski definition) is 4. The minimum atomic E-state index is -0.728. The summed E-state index contributed by atoms with van der Waals surface area (Å²) in [4.78, 5) is 12.2. The van der Waals surface area contributed by atoms with Gasteiger partial charge in [0.1, 0.15) is 0 Å². The van der Waals surface area contributed by atoms with Gasteiger partial charge >= 0.3 is 0 Å². The molecule has 0 bridgehead atoms. The molecule has 0 fully saturated rings. The van der Waals surface area contributed by atoms with Crippen LogP contribution in [0.4, 0.5) is 0 Å². The van der Waals surface area contributed by atoms with Crippen molar-refractivity contribution in [3.05, 3.63) is 23.8 Å². The van der Waals surface area contributed by atoms with Gasteiger partial charge in [-0.3, -0.25) is 4.79 Å². The molecule has 2 N–H and O–H groups in total. The summed E-state index contributed by atoms with van der Waals surface area (Å²) in [5.74, 6) is 1.06. The van der Waals surface area contributed by atoms with Crippen molar-refractivity contribution in [2.75, 3.05) is 20.8 Å². The van der Waals surface area contributed by atoms with E-state index >= 15 is 0 Å². The summed E-state index contributed by atoms with van der Waals surface area (Å²) in [6, 6.07) is 5.40. The molecule has 112 valence electrons. The van der Waals surface area contributed by atoms with E-state index in [0.29, 0.717) is 11.5 Å². The predicted octanol–water partition coefficient (Wildman–Crippen LogP) is 1.48. The van der Waals surface area contributed by atoms with Crippen LogP contribution >= 0.6 is 0 Å². The van der Waals surface area contributed by atoms with Crippen LogP contribution in [0.25, 0.3) is 0 Å². The highest BCUT2D eigenvalue weighted by Gasteiger charge is 2.30. The Morgan fingerprint density at radius 1 is 1.30 bits per heavy atom. The zero-order chi connectivity index (χ0) is 15.3. The van der Waals surface area contributed by atoms with Gasteiger partial charge in [-0.15, -0.1) is 0 Å². The normalized spacial score (nSPS) is 12.7. The average Bonchev–Trinajstić information content (AvgIpc) is 2.43. The van der Waals surface area contributed by atoms with Crippen LogP contribution in [0.5, 0.6) is 11.5 Å². The van der Waals surface area contributed by atoms with E-state index in [-0.39, 0.29) is 12.5 Å². The molecule has 0 aliphatic heterocycles. The number of aliphatic hydroxyl groups is 1. The number of methoxy groups -OCH3 is 2. The lowest BCUT2D eigenvalue weighted by atomic mass is 9.83. The van der Waals surface area contributed by atoms with E-state index in [0.717, 1.165) is 5.56 Å². The molecule has 1 aromatic carbocycles. The first kappa shape index (κ1) is 16.3. The van der Waals surface area contributed by atoms with Gasteiger partial charge < -0.3 is 19.9 Å². The van der Waals surface area contributed by atoms with Gasteiger partial charge in [0.15, 0.2) is 11.5 Å². The number of ether oxygens (including phenoxy) is 2. The Balaban J connectivity index is 2.99. The minimum Gasteiger partial charge on any atom is -0.493 e. The van der Waals surface area contributed by atoms with E-state index in [4.69, 9.17) is 9.47 Å². The number of hydrogen-bond donors (Lipinski definition) is 2. The third-order valence-electron chi connectivity index (χ3n) is 3.23. The number of carbonyl (C=O) groups is 1. The quantitative estimate of drug-likeness (QED) is 0.829. The maximum Gasteiger partial charge on any atom is 0.230 e. The van der Waals surface area contributed by atoms with Gasteiger partial charge in [0.05, 0.1) is 25.7 Å². The highest BCUT2D eigenvalue weighted by molar-refractivity contribution is 5.87. The molecule has 0 saturated carbocycles. The van der Waals surface area contributed by atoms with Crippen LogP contribution < -0.4 is 14.8 Å². The molecule has 1 unspecified atom stereocenters. The molecule has 1 rings (SSSR count). The van der Waals surface area contributed by atoms with E-state index in [1.165, 1.54) is 0 Å². The molecule has 20 heavy (non-hydrogen) atoms. The van der Waals surface area contributed by atoms with Crippen molar-refractivity contribution in [3.63, 3.8) is 0 Å². The standard InChI is InChI=1S/C15H23NO4/c1-10(17)9-16-14(18)15(2,3)11-6-7-12(19-4)13(8-11)20-5/h6-8,10,17H,9H2,1-5H3,(H,16,18). The van der Waals surface area contributed by atoms with Crippen LogP contribution in [-0.4, -0.2) is 37.9 Å². The summed E-state index contributed by atoms with van der Waals surface area (Å²) in [6.45, 7) is 5.51. The largest absolute Gasteiger partial charge is 0.493 e. The zero-order valence-corrected chi connectivity index (χ0v) is 12.7. The Bertz CT molecular complexity index is 469. The predicted molar refractivity (Wildman–Crippen MR) is 77.3 cm³/mol. The Hall–Kier alpha value is -1.75. The van der Waals surface area contributed by atoms with E-state index < -0.39 is 11.5 Å². The molecule has 1 amide bonds. The van der Waals surface area contributed by atoms with Crippen molar-refractivity contribution in [2.45, 2.75) is 32.3 Å². The highest BCUT2D eigenvalue weighted by Crippen LogP contribution is 2.33. The summed E-state index contributed by atoms with van der Waals surface area (Å²) in [5.41, 5.74) is 0.0901. The second-order valence-corrected chi connectivity index (χ2v) is 5.25. The number of amides is 1. The molecule has 0 aliphatic carbocycles. The maximum atomic E-state index is 12.2. The molecule has 0 radical (unpaired) electrons. The van der Waals surface area contributed by atoms with Crippen LogP contribution in [0.15, 0.2) is 18.2 Å². The lowest BCUT2D eigenvalue weighted by molar-refractivity contribution is -0.126. The van der Waals surface area contributed by atoms with Crippen molar-refractivity contribution in [1.82, 2.24) is 5.32 Å². The Morgan fingerprint density at radius 3 is 2.40 bits per heavy atom. The molecule has 5 heteroatoms. The van der Waals surface area contributed by atoms with Crippen LogP contribution in [-0.2, 0) is 10.2 Å².